The molecule has 5 heteroatoms. The normalized spacial score (nSPS) is 19.3. The first-order chi connectivity index (χ1) is 9.00. The lowest BCUT2D eigenvalue weighted by Gasteiger charge is -2.23. The number of urea groups is 1. The first kappa shape index (κ1) is 15.8. The number of aliphatic carboxylic acids is 1. The van der Waals surface area contributed by atoms with Crippen molar-refractivity contribution in [1.82, 2.24) is 10.6 Å². The highest BCUT2D eigenvalue weighted by molar-refractivity contribution is 5.82. The fourth-order valence-electron chi connectivity index (χ4n) is 2.48. The van der Waals surface area contributed by atoms with Crippen LogP contribution in [0.25, 0.3) is 0 Å². The van der Waals surface area contributed by atoms with Crippen LogP contribution in [-0.4, -0.2) is 29.2 Å². The van der Waals surface area contributed by atoms with Gasteiger partial charge in [0.15, 0.2) is 0 Å². The Morgan fingerprint density at radius 1 is 1.05 bits per heavy atom. The highest BCUT2D eigenvalue weighted by atomic mass is 16.4. The van der Waals surface area contributed by atoms with Crippen molar-refractivity contribution in [2.75, 3.05) is 0 Å². The van der Waals surface area contributed by atoms with E-state index < -0.39 is 12.0 Å². The summed E-state index contributed by atoms with van der Waals surface area (Å²) in [5.41, 5.74) is 0. The van der Waals surface area contributed by atoms with Crippen LogP contribution in [0.5, 0.6) is 0 Å². The van der Waals surface area contributed by atoms with Crippen LogP contribution in [0.1, 0.15) is 58.8 Å². The Balaban J connectivity index is 2.41. The van der Waals surface area contributed by atoms with E-state index in [0.717, 1.165) is 25.7 Å². The number of nitrogens with one attached hydrogen (secondary N) is 2. The van der Waals surface area contributed by atoms with E-state index in [-0.39, 0.29) is 18.0 Å². The van der Waals surface area contributed by atoms with Crippen molar-refractivity contribution in [3.8, 4) is 0 Å². The minimum Gasteiger partial charge on any atom is -0.480 e. The van der Waals surface area contributed by atoms with Gasteiger partial charge >= 0.3 is 12.0 Å². The molecular formula is C14H26N2O3. The molecular weight excluding hydrogens is 244 g/mol. The van der Waals surface area contributed by atoms with Gasteiger partial charge in [-0.3, -0.25) is 0 Å². The summed E-state index contributed by atoms with van der Waals surface area (Å²) in [6.45, 7) is 3.57. The quantitative estimate of drug-likeness (QED) is 0.734. The third-order valence-corrected chi connectivity index (χ3v) is 3.66. The molecule has 1 atom stereocenters. The number of rotatable bonds is 4. The lowest BCUT2D eigenvalue weighted by atomic mass is 9.97. The number of hydrogen-bond acceptors (Lipinski definition) is 2. The molecule has 2 amide bonds. The fraction of sp³-hybridized carbons (Fsp3) is 0.857. The molecule has 0 spiro atoms. The van der Waals surface area contributed by atoms with Crippen LogP contribution in [0.4, 0.5) is 4.79 Å². The predicted molar refractivity (Wildman–Crippen MR) is 74.0 cm³/mol. The molecule has 3 N–H and O–H groups in total. The van der Waals surface area contributed by atoms with E-state index in [9.17, 15) is 9.59 Å². The van der Waals surface area contributed by atoms with E-state index in [2.05, 4.69) is 10.6 Å². The van der Waals surface area contributed by atoms with Gasteiger partial charge in [0.25, 0.3) is 0 Å². The van der Waals surface area contributed by atoms with Crippen LogP contribution in [0, 0.1) is 5.92 Å². The van der Waals surface area contributed by atoms with Gasteiger partial charge in [0, 0.05) is 6.04 Å². The summed E-state index contributed by atoms with van der Waals surface area (Å²) < 4.78 is 0. The molecule has 1 aliphatic carbocycles. The second-order valence-corrected chi connectivity index (χ2v) is 5.72. The average Bonchev–Trinajstić information content (AvgIpc) is 2.28. The molecule has 0 heterocycles. The minimum atomic E-state index is -0.984. The fourth-order valence-corrected chi connectivity index (χ4v) is 2.48. The molecule has 0 bridgehead atoms. The average molecular weight is 270 g/mol. The summed E-state index contributed by atoms with van der Waals surface area (Å²) >= 11 is 0. The van der Waals surface area contributed by atoms with E-state index in [1.807, 2.05) is 0 Å². The first-order valence-electron chi connectivity index (χ1n) is 7.30. The van der Waals surface area contributed by atoms with Crippen molar-refractivity contribution in [3.63, 3.8) is 0 Å². The summed E-state index contributed by atoms with van der Waals surface area (Å²) in [6.07, 6.45) is 8.00. The smallest absolute Gasteiger partial charge is 0.326 e. The van der Waals surface area contributed by atoms with Crippen molar-refractivity contribution in [1.29, 1.82) is 0 Å². The van der Waals surface area contributed by atoms with Gasteiger partial charge in [0.1, 0.15) is 6.04 Å². The SMILES string of the molecule is CC(C)C(NC(=O)NC1CCCCCCC1)C(=O)O. The van der Waals surface area contributed by atoms with Crippen molar-refractivity contribution >= 4 is 12.0 Å². The zero-order chi connectivity index (χ0) is 14.3. The van der Waals surface area contributed by atoms with Crippen LogP contribution in [0.15, 0.2) is 0 Å². The molecule has 0 radical (unpaired) electrons. The molecule has 0 aliphatic heterocycles. The third-order valence-electron chi connectivity index (χ3n) is 3.66. The molecule has 0 aromatic carbocycles. The number of carbonyl (C=O) groups excluding carboxylic acids is 1. The Kier molecular flexibility index (Phi) is 6.67. The van der Waals surface area contributed by atoms with Crippen molar-refractivity contribution in [2.45, 2.75) is 70.9 Å². The zero-order valence-corrected chi connectivity index (χ0v) is 11.9. The van der Waals surface area contributed by atoms with Crippen LogP contribution >= 0.6 is 0 Å². The van der Waals surface area contributed by atoms with Crippen LogP contribution < -0.4 is 10.6 Å². The Bertz CT molecular complexity index is 297. The summed E-state index contributed by atoms with van der Waals surface area (Å²) in [7, 11) is 0. The Hall–Kier alpha value is -1.26. The van der Waals surface area contributed by atoms with Gasteiger partial charge in [-0.25, -0.2) is 9.59 Å². The van der Waals surface area contributed by atoms with Gasteiger partial charge in [-0.2, -0.15) is 0 Å². The minimum absolute atomic E-state index is 0.124. The predicted octanol–water partition coefficient (Wildman–Crippen LogP) is 2.51. The molecule has 5 nitrogen and oxygen atoms in total. The molecule has 1 saturated carbocycles. The van der Waals surface area contributed by atoms with Crippen LogP contribution in [-0.2, 0) is 4.79 Å². The van der Waals surface area contributed by atoms with Crippen molar-refractivity contribution in [3.05, 3.63) is 0 Å². The highest BCUT2D eigenvalue weighted by Crippen LogP contribution is 2.17. The van der Waals surface area contributed by atoms with Gasteiger partial charge in [-0.1, -0.05) is 46.0 Å². The summed E-state index contributed by atoms with van der Waals surface area (Å²) in [5.74, 6) is -1.11. The van der Waals surface area contributed by atoms with E-state index in [4.69, 9.17) is 5.11 Å². The van der Waals surface area contributed by atoms with Gasteiger partial charge in [-0.05, 0) is 18.8 Å². The summed E-state index contributed by atoms with van der Waals surface area (Å²) in [6, 6.07) is -0.998. The maximum atomic E-state index is 11.8. The Morgan fingerprint density at radius 3 is 2.05 bits per heavy atom. The molecule has 1 rings (SSSR count). The molecule has 0 aromatic rings. The molecule has 19 heavy (non-hydrogen) atoms. The zero-order valence-electron chi connectivity index (χ0n) is 11.9. The number of carboxylic acids is 1. The second kappa shape index (κ2) is 8.02. The molecule has 1 unspecified atom stereocenters. The molecule has 110 valence electrons. The van der Waals surface area contributed by atoms with Gasteiger partial charge in [-0.15, -0.1) is 0 Å². The van der Waals surface area contributed by atoms with Crippen molar-refractivity contribution < 1.29 is 14.7 Å². The van der Waals surface area contributed by atoms with Gasteiger partial charge in [0.05, 0.1) is 0 Å². The molecule has 1 aliphatic rings. The van der Waals surface area contributed by atoms with Crippen LogP contribution in [0.2, 0.25) is 0 Å². The Morgan fingerprint density at radius 2 is 1.58 bits per heavy atom. The van der Waals surface area contributed by atoms with E-state index in [0.29, 0.717) is 0 Å². The van der Waals surface area contributed by atoms with Gasteiger partial charge < -0.3 is 15.7 Å². The number of amides is 2. The largest absolute Gasteiger partial charge is 0.480 e. The summed E-state index contributed by atoms with van der Waals surface area (Å²) in [4.78, 5) is 22.9. The maximum Gasteiger partial charge on any atom is 0.326 e. The third kappa shape index (κ3) is 5.94. The van der Waals surface area contributed by atoms with E-state index in [1.54, 1.807) is 13.8 Å². The maximum absolute atomic E-state index is 11.8. The first-order valence-corrected chi connectivity index (χ1v) is 7.30. The lowest BCUT2D eigenvalue weighted by Crippen LogP contribution is -2.51. The second-order valence-electron chi connectivity index (χ2n) is 5.72. The number of hydrogen-bond donors (Lipinski definition) is 3. The lowest BCUT2D eigenvalue weighted by molar-refractivity contribution is -0.140. The van der Waals surface area contributed by atoms with Crippen LogP contribution in [0.3, 0.4) is 0 Å². The van der Waals surface area contributed by atoms with E-state index >= 15 is 0 Å². The highest BCUT2D eigenvalue weighted by Gasteiger charge is 2.24. The number of carboxylic acid groups (broad SMARTS) is 1. The van der Waals surface area contributed by atoms with E-state index in [1.165, 1.54) is 19.3 Å². The topological polar surface area (TPSA) is 78.4 Å². The van der Waals surface area contributed by atoms with Crippen molar-refractivity contribution in [2.24, 2.45) is 5.92 Å². The molecule has 0 saturated heterocycles. The summed E-state index contributed by atoms with van der Waals surface area (Å²) in [5, 5.41) is 14.5. The van der Waals surface area contributed by atoms with Gasteiger partial charge in [0.2, 0.25) is 0 Å². The molecule has 1 fully saturated rings. The monoisotopic (exact) mass is 270 g/mol. The standard InChI is InChI=1S/C14H26N2O3/c1-10(2)12(13(17)18)16-14(19)15-11-8-6-4-3-5-7-9-11/h10-12H,3-9H2,1-2H3,(H,17,18)(H2,15,16,19). The molecule has 0 aromatic heterocycles. The number of carbonyl (C=O) groups is 2. The Labute approximate surface area is 115 Å².